The van der Waals surface area contributed by atoms with Crippen molar-refractivity contribution in [1.82, 2.24) is 14.7 Å². The van der Waals surface area contributed by atoms with Crippen LogP contribution in [0.1, 0.15) is 25.3 Å². The van der Waals surface area contributed by atoms with Crippen LogP contribution in [0.5, 0.6) is 5.75 Å². The van der Waals surface area contributed by atoms with Gasteiger partial charge in [-0.2, -0.15) is 5.10 Å². The van der Waals surface area contributed by atoms with Gasteiger partial charge in [0.05, 0.1) is 36.6 Å². The Bertz CT molecular complexity index is 857. The minimum atomic E-state index is -0.256. The summed E-state index contributed by atoms with van der Waals surface area (Å²) in [5, 5.41) is 7.28. The van der Waals surface area contributed by atoms with Gasteiger partial charge in [-0.1, -0.05) is 12.1 Å². The van der Waals surface area contributed by atoms with Crippen LogP contribution in [0, 0.1) is 0 Å². The maximum absolute atomic E-state index is 12.6. The Morgan fingerprint density at radius 1 is 1.29 bits per heavy atom. The summed E-state index contributed by atoms with van der Waals surface area (Å²) in [7, 11) is 2.12. The molecule has 0 radical (unpaired) electrons. The molecule has 8 heteroatoms. The quantitative estimate of drug-likeness (QED) is 0.872. The van der Waals surface area contributed by atoms with Crippen molar-refractivity contribution in [3.8, 4) is 5.75 Å². The third kappa shape index (κ3) is 4.01. The number of hydrogen-bond donors (Lipinski definition) is 1. The first-order chi connectivity index (χ1) is 13.6. The van der Waals surface area contributed by atoms with Gasteiger partial charge in [0, 0.05) is 6.20 Å². The number of fused-ring (bicyclic) bond motifs is 1. The number of hydrogen-bond acceptors (Lipinski definition) is 5. The summed E-state index contributed by atoms with van der Waals surface area (Å²) in [4.78, 5) is 28.8. The Labute approximate surface area is 164 Å². The highest BCUT2D eigenvalue weighted by Crippen LogP contribution is 2.31. The van der Waals surface area contributed by atoms with Crippen LogP contribution in [0.15, 0.2) is 36.7 Å². The van der Waals surface area contributed by atoms with Gasteiger partial charge in [-0.25, -0.2) is 0 Å². The third-order valence-corrected chi connectivity index (χ3v) is 5.28. The van der Waals surface area contributed by atoms with E-state index in [1.807, 2.05) is 29.1 Å². The van der Waals surface area contributed by atoms with Crippen molar-refractivity contribution in [2.75, 3.05) is 43.5 Å². The summed E-state index contributed by atoms with van der Waals surface area (Å²) in [6.07, 6.45) is 5.87. The fourth-order valence-corrected chi connectivity index (χ4v) is 3.70. The molecule has 8 nitrogen and oxygen atoms in total. The molecule has 0 bridgehead atoms. The Morgan fingerprint density at radius 2 is 2.07 bits per heavy atom. The van der Waals surface area contributed by atoms with Crippen molar-refractivity contribution in [3.05, 3.63) is 36.7 Å². The largest absolute Gasteiger partial charge is 0.491 e. The summed E-state index contributed by atoms with van der Waals surface area (Å²) in [6.45, 7) is 2.35. The van der Waals surface area contributed by atoms with Gasteiger partial charge < -0.3 is 15.0 Å². The zero-order chi connectivity index (χ0) is 19.5. The molecule has 2 aliphatic heterocycles. The van der Waals surface area contributed by atoms with Gasteiger partial charge in [0.25, 0.3) is 0 Å². The Hall–Kier alpha value is -2.87. The summed E-state index contributed by atoms with van der Waals surface area (Å²) in [5.74, 6) is 0.242. The Balaban J connectivity index is 1.41. The normalized spacial score (nSPS) is 18.3. The van der Waals surface area contributed by atoms with E-state index in [0.29, 0.717) is 29.8 Å². The van der Waals surface area contributed by atoms with Gasteiger partial charge >= 0.3 is 0 Å². The number of para-hydroxylation sites is 2. The number of carbonyl (C=O) groups is 2. The van der Waals surface area contributed by atoms with Gasteiger partial charge in [0.1, 0.15) is 12.3 Å². The molecule has 148 valence electrons. The lowest BCUT2D eigenvalue weighted by atomic mass is 10.1. The predicted octanol–water partition coefficient (Wildman–Crippen LogP) is 1.90. The molecule has 0 spiro atoms. The number of carbonyl (C=O) groups excluding carboxylic acids is 2. The zero-order valence-corrected chi connectivity index (χ0v) is 16.0. The van der Waals surface area contributed by atoms with Gasteiger partial charge in [0.2, 0.25) is 11.8 Å². The minimum absolute atomic E-state index is 0.0569. The number of nitrogens with one attached hydrogen (secondary N) is 1. The van der Waals surface area contributed by atoms with E-state index >= 15 is 0 Å². The topological polar surface area (TPSA) is 79.7 Å². The van der Waals surface area contributed by atoms with Crippen molar-refractivity contribution in [3.63, 3.8) is 0 Å². The lowest BCUT2D eigenvalue weighted by Crippen LogP contribution is -2.37. The SMILES string of the molecule is CN1CCC(n2cc(NC(=O)CN3C(=O)CCOc4ccccc43)cn2)CC1. The molecule has 3 heterocycles. The number of nitrogens with zero attached hydrogens (tertiary/aromatic N) is 4. The van der Waals surface area contributed by atoms with E-state index in [0.717, 1.165) is 25.9 Å². The molecule has 28 heavy (non-hydrogen) atoms. The molecule has 0 atom stereocenters. The highest BCUT2D eigenvalue weighted by atomic mass is 16.5. The summed E-state index contributed by atoms with van der Waals surface area (Å²) < 4.78 is 7.55. The first-order valence-electron chi connectivity index (χ1n) is 9.65. The number of anilines is 2. The number of aromatic nitrogens is 2. The Morgan fingerprint density at radius 3 is 2.89 bits per heavy atom. The van der Waals surface area contributed by atoms with E-state index < -0.39 is 0 Å². The summed E-state index contributed by atoms with van der Waals surface area (Å²) in [5.41, 5.74) is 1.28. The minimum Gasteiger partial charge on any atom is -0.491 e. The molecule has 0 aliphatic carbocycles. The maximum atomic E-state index is 12.6. The lowest BCUT2D eigenvalue weighted by molar-refractivity contribution is -0.121. The molecule has 4 rings (SSSR count). The highest BCUT2D eigenvalue weighted by molar-refractivity contribution is 6.03. The molecular formula is C20H25N5O3. The van der Waals surface area contributed by atoms with Crippen molar-refractivity contribution >= 4 is 23.2 Å². The molecule has 2 amide bonds. The van der Waals surface area contributed by atoms with Crippen LogP contribution in [0.4, 0.5) is 11.4 Å². The van der Waals surface area contributed by atoms with Crippen LogP contribution < -0.4 is 15.0 Å². The van der Waals surface area contributed by atoms with Crippen LogP contribution in [0.2, 0.25) is 0 Å². The van der Waals surface area contributed by atoms with Gasteiger partial charge in [-0.05, 0) is 45.1 Å². The van der Waals surface area contributed by atoms with Gasteiger partial charge in [0.15, 0.2) is 0 Å². The summed E-state index contributed by atoms with van der Waals surface area (Å²) in [6, 6.07) is 7.65. The second-order valence-corrected chi connectivity index (χ2v) is 7.34. The van der Waals surface area contributed by atoms with E-state index in [1.54, 1.807) is 12.3 Å². The van der Waals surface area contributed by atoms with Crippen molar-refractivity contribution in [2.45, 2.75) is 25.3 Å². The second-order valence-electron chi connectivity index (χ2n) is 7.34. The second kappa shape index (κ2) is 8.02. The monoisotopic (exact) mass is 383 g/mol. The zero-order valence-electron chi connectivity index (χ0n) is 16.0. The van der Waals surface area contributed by atoms with Crippen LogP contribution in [-0.4, -0.2) is 59.8 Å². The van der Waals surface area contributed by atoms with E-state index in [-0.39, 0.29) is 24.8 Å². The first-order valence-corrected chi connectivity index (χ1v) is 9.65. The van der Waals surface area contributed by atoms with Crippen molar-refractivity contribution in [2.24, 2.45) is 0 Å². The van der Waals surface area contributed by atoms with E-state index in [2.05, 4.69) is 22.4 Å². The average molecular weight is 383 g/mol. The third-order valence-electron chi connectivity index (χ3n) is 5.28. The fourth-order valence-electron chi connectivity index (χ4n) is 3.70. The average Bonchev–Trinajstić information content (AvgIpc) is 3.09. The molecule has 2 aliphatic rings. The standard InChI is InChI=1S/C20H25N5O3/c1-23-9-6-16(7-10-23)25-13-15(12-21-25)22-19(26)14-24-17-4-2-3-5-18(17)28-11-8-20(24)27/h2-5,12-13,16H,6-11,14H2,1H3,(H,22,26). The van der Waals surface area contributed by atoms with Crippen LogP contribution >= 0.6 is 0 Å². The molecule has 1 aromatic carbocycles. The maximum Gasteiger partial charge on any atom is 0.244 e. The van der Waals surface area contributed by atoms with E-state index in [1.165, 1.54) is 4.90 Å². The van der Waals surface area contributed by atoms with E-state index in [4.69, 9.17) is 4.74 Å². The molecule has 0 saturated carbocycles. The van der Waals surface area contributed by atoms with Crippen molar-refractivity contribution < 1.29 is 14.3 Å². The summed E-state index contributed by atoms with van der Waals surface area (Å²) >= 11 is 0. The molecule has 1 N–H and O–H groups in total. The smallest absolute Gasteiger partial charge is 0.244 e. The molecule has 2 aromatic rings. The number of ether oxygens (including phenoxy) is 1. The fraction of sp³-hybridized carbons (Fsp3) is 0.450. The van der Waals surface area contributed by atoms with Gasteiger partial charge in [-0.15, -0.1) is 0 Å². The Kier molecular flexibility index (Phi) is 5.29. The number of rotatable bonds is 4. The lowest BCUT2D eigenvalue weighted by Gasteiger charge is -2.28. The molecule has 1 saturated heterocycles. The number of likely N-dealkylation sites (tertiary alicyclic amines) is 1. The molecule has 1 aromatic heterocycles. The van der Waals surface area contributed by atoms with Gasteiger partial charge in [-0.3, -0.25) is 19.2 Å². The predicted molar refractivity (Wildman–Crippen MR) is 106 cm³/mol. The number of benzene rings is 1. The number of amides is 2. The van der Waals surface area contributed by atoms with Crippen molar-refractivity contribution in [1.29, 1.82) is 0 Å². The highest BCUT2D eigenvalue weighted by Gasteiger charge is 2.25. The van der Waals surface area contributed by atoms with Crippen LogP contribution in [0.25, 0.3) is 0 Å². The molecular weight excluding hydrogens is 358 g/mol. The molecule has 0 unspecified atom stereocenters. The van der Waals surface area contributed by atoms with Crippen LogP contribution in [-0.2, 0) is 9.59 Å². The molecule has 1 fully saturated rings. The van der Waals surface area contributed by atoms with E-state index in [9.17, 15) is 9.59 Å². The first kappa shape index (κ1) is 18.5. The number of piperidine rings is 1. The van der Waals surface area contributed by atoms with Crippen LogP contribution in [0.3, 0.4) is 0 Å².